The van der Waals surface area contributed by atoms with E-state index in [2.05, 4.69) is 0 Å². The van der Waals surface area contributed by atoms with Crippen LogP contribution in [0.3, 0.4) is 0 Å². The van der Waals surface area contributed by atoms with E-state index in [0.29, 0.717) is 0 Å². The third-order valence-corrected chi connectivity index (χ3v) is 1.39. The highest BCUT2D eigenvalue weighted by Crippen LogP contribution is 2.18. The molecule has 0 aliphatic heterocycles. The van der Waals surface area contributed by atoms with Crippen molar-refractivity contribution >= 4 is 6.21 Å². The molecule has 0 radical (unpaired) electrons. The summed E-state index contributed by atoms with van der Waals surface area (Å²) in [5.41, 5.74) is 0.598. The quantitative estimate of drug-likeness (QED) is 0.326. The fraction of sp³-hybridized carbons (Fsp3) is 0.500. The fourth-order valence-electron chi connectivity index (χ4n) is 1.11. The molecule has 4 nitrogen and oxygen atoms in total. The van der Waals surface area contributed by atoms with Gasteiger partial charge in [0.05, 0.1) is 11.1 Å². The molecule has 78 valence electrons. The lowest BCUT2D eigenvalue weighted by atomic mass is 9.94. The largest absolute Gasteiger partial charge is 0.302 e. The van der Waals surface area contributed by atoms with Crippen molar-refractivity contribution in [3.63, 3.8) is 0 Å². The van der Waals surface area contributed by atoms with Crippen LogP contribution in [0.4, 0.5) is 0 Å². The molecule has 1 N–H and O–H groups in total. The molecule has 0 heterocycles. The van der Waals surface area contributed by atoms with E-state index in [9.17, 15) is 10.1 Å². The Kier molecular flexibility index (Phi) is 4.21. The monoisotopic (exact) mass is 196 g/mol. The van der Waals surface area contributed by atoms with Gasteiger partial charge in [-0.1, -0.05) is 26.8 Å². The lowest BCUT2D eigenvalue weighted by Gasteiger charge is -2.12. The molecule has 0 rings (SSSR count). The molecule has 0 aromatic rings. The normalized spacial score (nSPS) is 14.0. The Labute approximate surface area is 84.0 Å². The highest BCUT2D eigenvalue weighted by molar-refractivity contribution is 5.73. The van der Waals surface area contributed by atoms with Crippen LogP contribution in [0, 0.1) is 20.9 Å². The molecule has 0 aliphatic carbocycles. The zero-order valence-corrected chi connectivity index (χ0v) is 9.00. The standard InChI is InChI=1S/C10H16N2O2/c1-8(6-10(2,3)4)5-9(7-11)12(13)14/h5-7,11H,1-4H3/b8-6?,9-5+,11-7?. The van der Waals surface area contributed by atoms with E-state index in [1.54, 1.807) is 6.92 Å². The van der Waals surface area contributed by atoms with Crippen molar-refractivity contribution < 1.29 is 4.92 Å². The first-order valence-corrected chi connectivity index (χ1v) is 4.32. The SMILES string of the molecule is CC(=CC(C)(C)C)/C=C(\C=N)[N+](=O)[O-]. The second kappa shape index (κ2) is 4.69. The van der Waals surface area contributed by atoms with E-state index >= 15 is 0 Å². The Morgan fingerprint density at radius 3 is 2.21 bits per heavy atom. The molecule has 0 aromatic heterocycles. The summed E-state index contributed by atoms with van der Waals surface area (Å²) < 4.78 is 0. The molecule has 0 atom stereocenters. The summed E-state index contributed by atoms with van der Waals surface area (Å²) in [6, 6.07) is 0. The highest BCUT2D eigenvalue weighted by Gasteiger charge is 2.09. The fourth-order valence-corrected chi connectivity index (χ4v) is 1.11. The Hall–Kier alpha value is -1.45. The van der Waals surface area contributed by atoms with E-state index in [4.69, 9.17) is 5.41 Å². The number of nitrogens with zero attached hydrogens (tertiary/aromatic N) is 1. The first-order valence-electron chi connectivity index (χ1n) is 4.32. The summed E-state index contributed by atoms with van der Waals surface area (Å²) in [5, 5.41) is 17.2. The number of nitro groups is 1. The molecule has 0 spiro atoms. The van der Waals surface area contributed by atoms with Gasteiger partial charge in [0.2, 0.25) is 0 Å². The van der Waals surface area contributed by atoms with Crippen LogP contribution in [0.5, 0.6) is 0 Å². The van der Waals surface area contributed by atoms with Crippen molar-refractivity contribution in [1.29, 1.82) is 5.41 Å². The van der Waals surface area contributed by atoms with Gasteiger partial charge in [0.1, 0.15) is 0 Å². The van der Waals surface area contributed by atoms with Gasteiger partial charge in [-0.3, -0.25) is 10.1 Å². The first-order chi connectivity index (χ1) is 6.26. The molecule has 14 heavy (non-hydrogen) atoms. The molecule has 0 amide bonds. The van der Waals surface area contributed by atoms with Crippen molar-refractivity contribution in [2.24, 2.45) is 5.41 Å². The first kappa shape index (κ1) is 12.6. The zero-order valence-electron chi connectivity index (χ0n) is 9.00. The van der Waals surface area contributed by atoms with Crippen LogP contribution in [-0.4, -0.2) is 11.1 Å². The average molecular weight is 196 g/mol. The molecule has 0 saturated carbocycles. The van der Waals surface area contributed by atoms with Crippen molar-refractivity contribution in [3.8, 4) is 0 Å². The van der Waals surface area contributed by atoms with Gasteiger partial charge in [-0.15, -0.1) is 0 Å². The molecule has 0 saturated heterocycles. The minimum absolute atomic E-state index is 0.00960. The third-order valence-electron chi connectivity index (χ3n) is 1.39. The molecule has 4 heteroatoms. The maximum Gasteiger partial charge on any atom is 0.287 e. The molecule has 0 bridgehead atoms. The van der Waals surface area contributed by atoms with E-state index in [0.717, 1.165) is 11.8 Å². The number of nitrogens with one attached hydrogen (secondary N) is 1. The predicted molar refractivity (Wildman–Crippen MR) is 57.1 cm³/mol. The average Bonchev–Trinajstić information content (AvgIpc) is 1.96. The summed E-state index contributed by atoms with van der Waals surface area (Å²) in [6.07, 6.45) is 4.08. The smallest absolute Gasteiger partial charge is 0.287 e. The summed E-state index contributed by atoms with van der Waals surface area (Å²) in [7, 11) is 0. The number of allylic oxidation sites excluding steroid dienone is 4. The van der Waals surface area contributed by atoms with Gasteiger partial charge in [-0.2, -0.15) is 0 Å². The summed E-state index contributed by atoms with van der Waals surface area (Å²) in [6.45, 7) is 7.83. The minimum Gasteiger partial charge on any atom is -0.302 e. The molecular formula is C10H16N2O2. The van der Waals surface area contributed by atoms with E-state index in [-0.39, 0.29) is 11.1 Å². The Morgan fingerprint density at radius 2 is 1.93 bits per heavy atom. The van der Waals surface area contributed by atoms with E-state index in [1.807, 2.05) is 26.8 Å². The lowest BCUT2D eigenvalue weighted by molar-refractivity contribution is -0.414. The van der Waals surface area contributed by atoms with Gasteiger partial charge in [-0.05, 0) is 17.9 Å². The summed E-state index contributed by atoms with van der Waals surface area (Å²) in [5.74, 6) is 0. The predicted octanol–water partition coefficient (Wildman–Crippen LogP) is 2.79. The summed E-state index contributed by atoms with van der Waals surface area (Å²) >= 11 is 0. The Bertz CT molecular complexity index is 296. The van der Waals surface area contributed by atoms with Crippen LogP contribution in [0.25, 0.3) is 0 Å². The van der Waals surface area contributed by atoms with Gasteiger partial charge in [0, 0.05) is 6.08 Å². The van der Waals surface area contributed by atoms with Gasteiger partial charge in [0.25, 0.3) is 5.70 Å². The van der Waals surface area contributed by atoms with Crippen molar-refractivity contribution in [2.75, 3.05) is 0 Å². The van der Waals surface area contributed by atoms with Crippen LogP contribution < -0.4 is 0 Å². The number of rotatable bonds is 3. The topological polar surface area (TPSA) is 67.0 Å². The maximum atomic E-state index is 10.4. The summed E-state index contributed by atoms with van der Waals surface area (Å²) in [4.78, 5) is 9.83. The molecular weight excluding hydrogens is 180 g/mol. The van der Waals surface area contributed by atoms with Crippen LogP contribution in [0.15, 0.2) is 23.4 Å². The highest BCUT2D eigenvalue weighted by atomic mass is 16.6. The van der Waals surface area contributed by atoms with Gasteiger partial charge >= 0.3 is 0 Å². The van der Waals surface area contributed by atoms with Crippen molar-refractivity contribution in [2.45, 2.75) is 27.7 Å². The minimum atomic E-state index is -0.562. The van der Waals surface area contributed by atoms with E-state index < -0.39 is 4.92 Å². The van der Waals surface area contributed by atoms with Gasteiger partial charge < -0.3 is 5.41 Å². The van der Waals surface area contributed by atoms with Crippen LogP contribution in [-0.2, 0) is 0 Å². The molecule has 0 unspecified atom stereocenters. The van der Waals surface area contributed by atoms with Crippen LogP contribution >= 0.6 is 0 Å². The molecule has 0 aliphatic rings. The Balaban J connectivity index is 4.89. The molecule has 0 fully saturated rings. The second-order valence-electron chi connectivity index (χ2n) is 4.23. The second-order valence-corrected chi connectivity index (χ2v) is 4.23. The van der Waals surface area contributed by atoms with E-state index in [1.165, 1.54) is 6.08 Å². The van der Waals surface area contributed by atoms with Gasteiger partial charge in [0.15, 0.2) is 0 Å². The van der Waals surface area contributed by atoms with Crippen LogP contribution in [0.1, 0.15) is 27.7 Å². The lowest BCUT2D eigenvalue weighted by Crippen LogP contribution is -2.02. The van der Waals surface area contributed by atoms with Gasteiger partial charge in [-0.25, -0.2) is 0 Å². The van der Waals surface area contributed by atoms with Crippen molar-refractivity contribution in [3.05, 3.63) is 33.5 Å². The number of hydrogen-bond donors (Lipinski definition) is 1. The molecule has 0 aromatic carbocycles. The van der Waals surface area contributed by atoms with Crippen LogP contribution in [0.2, 0.25) is 0 Å². The zero-order chi connectivity index (χ0) is 11.4. The maximum absolute atomic E-state index is 10.4. The van der Waals surface area contributed by atoms with Crippen molar-refractivity contribution in [1.82, 2.24) is 0 Å². The third kappa shape index (κ3) is 5.24. The number of hydrogen-bond acceptors (Lipinski definition) is 3. The Morgan fingerprint density at radius 1 is 1.43 bits per heavy atom.